The summed E-state index contributed by atoms with van der Waals surface area (Å²) in [5.74, 6) is 1.08. The van der Waals surface area contributed by atoms with Crippen molar-refractivity contribution in [2.75, 3.05) is 14.1 Å². The zero-order valence-electron chi connectivity index (χ0n) is 9.71. The molecule has 1 saturated carbocycles. The highest BCUT2D eigenvalue weighted by Crippen LogP contribution is 2.33. The van der Waals surface area contributed by atoms with Crippen molar-refractivity contribution < 1.29 is 4.79 Å². The first-order valence-electron chi connectivity index (χ1n) is 5.48. The van der Waals surface area contributed by atoms with Crippen LogP contribution in [-0.4, -0.2) is 37.0 Å². The van der Waals surface area contributed by atoms with Gasteiger partial charge in [0.15, 0.2) is 0 Å². The first kappa shape index (κ1) is 11.5. The van der Waals surface area contributed by atoms with E-state index in [-0.39, 0.29) is 11.9 Å². The summed E-state index contributed by atoms with van der Waals surface area (Å²) in [4.78, 5) is 13.2. The van der Waals surface area contributed by atoms with Gasteiger partial charge in [0.05, 0.1) is 6.04 Å². The lowest BCUT2D eigenvalue weighted by molar-refractivity contribution is -0.130. The first-order valence-corrected chi connectivity index (χ1v) is 5.48. The van der Waals surface area contributed by atoms with Crippen molar-refractivity contribution >= 4 is 5.91 Å². The number of nitrogens with one attached hydrogen (secondary N) is 1. The minimum absolute atomic E-state index is 0.0567. The van der Waals surface area contributed by atoms with E-state index in [1.165, 1.54) is 19.3 Å². The van der Waals surface area contributed by atoms with Gasteiger partial charge in [-0.25, -0.2) is 0 Å². The molecule has 1 rings (SSSR count). The molecule has 1 N–H and O–H groups in total. The Morgan fingerprint density at radius 3 is 2.43 bits per heavy atom. The Bertz CT molecular complexity index is 199. The summed E-state index contributed by atoms with van der Waals surface area (Å²) in [6, 6.07) is 0.403. The number of carbonyl (C=O) groups is 1. The largest absolute Gasteiger partial charge is 0.347 e. The van der Waals surface area contributed by atoms with Gasteiger partial charge in [0.1, 0.15) is 0 Å². The minimum atomic E-state index is -0.0567. The van der Waals surface area contributed by atoms with Crippen molar-refractivity contribution in [3.05, 3.63) is 0 Å². The van der Waals surface area contributed by atoms with E-state index in [0.717, 1.165) is 5.92 Å². The number of nitrogens with zero attached hydrogens (tertiary/aromatic N) is 1. The SMILES string of the molecule is CC(CC1CC1)N[C@H](C)C(=O)N(C)C. The van der Waals surface area contributed by atoms with Gasteiger partial charge < -0.3 is 10.2 Å². The molecule has 0 heterocycles. The van der Waals surface area contributed by atoms with Gasteiger partial charge in [-0.2, -0.15) is 0 Å². The van der Waals surface area contributed by atoms with Crippen LogP contribution in [0.5, 0.6) is 0 Å². The Morgan fingerprint density at radius 2 is 2.00 bits per heavy atom. The van der Waals surface area contributed by atoms with E-state index in [0.29, 0.717) is 6.04 Å². The second-order valence-electron chi connectivity index (χ2n) is 4.70. The predicted octanol–water partition coefficient (Wildman–Crippen LogP) is 1.24. The molecule has 2 atom stereocenters. The van der Waals surface area contributed by atoms with Crippen molar-refractivity contribution in [3.8, 4) is 0 Å². The molecular weight excluding hydrogens is 176 g/mol. The van der Waals surface area contributed by atoms with Crippen molar-refractivity contribution in [2.24, 2.45) is 5.92 Å². The summed E-state index contributed by atoms with van der Waals surface area (Å²) >= 11 is 0. The topological polar surface area (TPSA) is 32.3 Å². The van der Waals surface area contributed by atoms with Crippen LogP contribution < -0.4 is 5.32 Å². The second kappa shape index (κ2) is 4.78. The molecule has 1 aliphatic carbocycles. The summed E-state index contributed by atoms with van der Waals surface area (Å²) in [6.45, 7) is 4.10. The summed E-state index contributed by atoms with van der Waals surface area (Å²) in [7, 11) is 3.60. The molecular formula is C11H22N2O. The highest BCUT2D eigenvalue weighted by molar-refractivity contribution is 5.80. The predicted molar refractivity (Wildman–Crippen MR) is 58.1 cm³/mol. The van der Waals surface area contributed by atoms with Crippen LogP contribution in [0.4, 0.5) is 0 Å². The molecule has 14 heavy (non-hydrogen) atoms. The molecule has 0 bridgehead atoms. The van der Waals surface area contributed by atoms with Crippen molar-refractivity contribution in [3.63, 3.8) is 0 Å². The zero-order valence-corrected chi connectivity index (χ0v) is 9.71. The molecule has 82 valence electrons. The Kier molecular flexibility index (Phi) is 3.93. The van der Waals surface area contributed by atoms with Gasteiger partial charge in [-0.05, 0) is 26.2 Å². The molecule has 3 heteroatoms. The van der Waals surface area contributed by atoms with Crippen LogP contribution in [0.25, 0.3) is 0 Å². The summed E-state index contributed by atoms with van der Waals surface area (Å²) in [5.41, 5.74) is 0. The quantitative estimate of drug-likeness (QED) is 0.721. The average molecular weight is 198 g/mol. The molecule has 3 nitrogen and oxygen atoms in total. The summed E-state index contributed by atoms with van der Waals surface area (Å²) in [6.07, 6.45) is 3.97. The average Bonchev–Trinajstić information content (AvgIpc) is 2.86. The minimum Gasteiger partial charge on any atom is -0.347 e. The van der Waals surface area contributed by atoms with Crippen molar-refractivity contribution in [2.45, 2.75) is 45.2 Å². The van der Waals surface area contributed by atoms with Crippen LogP contribution in [0, 0.1) is 5.92 Å². The zero-order chi connectivity index (χ0) is 10.7. The number of likely N-dealkylation sites (N-methyl/N-ethyl adjacent to an activating group) is 1. The van der Waals surface area contributed by atoms with Gasteiger partial charge in [0, 0.05) is 20.1 Å². The van der Waals surface area contributed by atoms with Crippen molar-refractivity contribution in [1.29, 1.82) is 0 Å². The van der Waals surface area contributed by atoms with Gasteiger partial charge >= 0.3 is 0 Å². The van der Waals surface area contributed by atoms with E-state index in [2.05, 4.69) is 12.2 Å². The molecule has 1 aliphatic rings. The smallest absolute Gasteiger partial charge is 0.238 e. The van der Waals surface area contributed by atoms with Gasteiger partial charge in [-0.1, -0.05) is 12.8 Å². The molecule has 0 aromatic rings. The van der Waals surface area contributed by atoms with Gasteiger partial charge in [-0.15, -0.1) is 0 Å². The normalized spacial score (nSPS) is 20.3. The lowest BCUT2D eigenvalue weighted by Crippen LogP contribution is -2.45. The van der Waals surface area contributed by atoms with Gasteiger partial charge in [-0.3, -0.25) is 4.79 Å². The monoisotopic (exact) mass is 198 g/mol. The molecule has 0 saturated heterocycles. The van der Waals surface area contributed by atoms with Crippen LogP contribution in [-0.2, 0) is 4.79 Å². The third-order valence-electron chi connectivity index (χ3n) is 2.73. The molecule has 1 unspecified atom stereocenters. The summed E-state index contributed by atoms with van der Waals surface area (Å²) < 4.78 is 0. The van der Waals surface area contributed by atoms with E-state index < -0.39 is 0 Å². The third kappa shape index (κ3) is 3.66. The Hall–Kier alpha value is -0.570. The van der Waals surface area contributed by atoms with Crippen LogP contribution in [0.3, 0.4) is 0 Å². The molecule has 1 amide bonds. The molecule has 1 fully saturated rings. The number of hydrogen-bond acceptors (Lipinski definition) is 2. The van der Waals surface area contributed by atoms with E-state index in [1.54, 1.807) is 19.0 Å². The van der Waals surface area contributed by atoms with Crippen LogP contribution in [0.2, 0.25) is 0 Å². The number of rotatable bonds is 5. The molecule has 0 aliphatic heterocycles. The fourth-order valence-corrected chi connectivity index (χ4v) is 1.81. The van der Waals surface area contributed by atoms with Crippen molar-refractivity contribution in [1.82, 2.24) is 10.2 Å². The number of carbonyl (C=O) groups excluding carboxylic acids is 1. The second-order valence-corrected chi connectivity index (χ2v) is 4.70. The Balaban J connectivity index is 2.23. The van der Waals surface area contributed by atoms with Gasteiger partial charge in [0.2, 0.25) is 5.91 Å². The standard InChI is InChI=1S/C11H22N2O/c1-8(7-10-5-6-10)12-9(2)11(14)13(3)4/h8-10,12H,5-7H2,1-4H3/t8?,9-/m1/s1. The van der Waals surface area contributed by atoms with Crippen LogP contribution >= 0.6 is 0 Å². The maximum Gasteiger partial charge on any atom is 0.238 e. The maximum atomic E-state index is 11.5. The number of hydrogen-bond donors (Lipinski definition) is 1. The van der Waals surface area contributed by atoms with Crippen LogP contribution in [0.1, 0.15) is 33.1 Å². The maximum absolute atomic E-state index is 11.5. The van der Waals surface area contributed by atoms with E-state index in [9.17, 15) is 4.79 Å². The number of amides is 1. The van der Waals surface area contributed by atoms with E-state index in [4.69, 9.17) is 0 Å². The molecule has 0 spiro atoms. The van der Waals surface area contributed by atoms with E-state index >= 15 is 0 Å². The summed E-state index contributed by atoms with van der Waals surface area (Å²) in [5, 5.41) is 3.34. The lowest BCUT2D eigenvalue weighted by Gasteiger charge is -2.22. The third-order valence-corrected chi connectivity index (χ3v) is 2.73. The lowest BCUT2D eigenvalue weighted by atomic mass is 10.1. The highest BCUT2D eigenvalue weighted by atomic mass is 16.2. The molecule has 0 aromatic heterocycles. The molecule has 0 aromatic carbocycles. The van der Waals surface area contributed by atoms with E-state index in [1.807, 2.05) is 6.92 Å². The highest BCUT2D eigenvalue weighted by Gasteiger charge is 2.25. The van der Waals surface area contributed by atoms with Gasteiger partial charge in [0.25, 0.3) is 0 Å². The Morgan fingerprint density at radius 1 is 1.43 bits per heavy atom. The molecule has 0 radical (unpaired) electrons. The first-order chi connectivity index (χ1) is 6.50. The Labute approximate surface area is 86.9 Å². The van der Waals surface area contributed by atoms with Crippen LogP contribution in [0.15, 0.2) is 0 Å². The fourth-order valence-electron chi connectivity index (χ4n) is 1.81. The fraction of sp³-hybridized carbons (Fsp3) is 0.909.